The van der Waals surface area contributed by atoms with Crippen LogP contribution in [-0.2, 0) is 24.5 Å². The Labute approximate surface area is 191 Å². The lowest BCUT2D eigenvalue weighted by atomic mass is 10.1. The summed E-state index contributed by atoms with van der Waals surface area (Å²) in [6.07, 6.45) is 0. The molecule has 1 aromatic heterocycles. The van der Waals surface area contributed by atoms with Gasteiger partial charge in [-0.25, -0.2) is 0 Å². The number of aryl methyl sites for hydroxylation is 1. The van der Waals surface area contributed by atoms with E-state index in [1.165, 1.54) is 0 Å². The van der Waals surface area contributed by atoms with Gasteiger partial charge < -0.3 is 10.1 Å². The van der Waals surface area contributed by atoms with E-state index in [4.69, 9.17) is 17.0 Å². The number of carbonyl (C=O) groups is 1. The number of ether oxygens (including phenoxy) is 1. The van der Waals surface area contributed by atoms with Crippen molar-refractivity contribution in [1.82, 2.24) is 20.1 Å². The van der Waals surface area contributed by atoms with Crippen LogP contribution in [0.5, 0.6) is 5.75 Å². The van der Waals surface area contributed by atoms with Gasteiger partial charge in [0.1, 0.15) is 18.9 Å². The summed E-state index contributed by atoms with van der Waals surface area (Å²) >= 11 is 5.34. The molecule has 0 radical (unpaired) electrons. The molecular weight excluding hydrogens is 420 g/mol. The van der Waals surface area contributed by atoms with Gasteiger partial charge in [-0.05, 0) is 48.5 Å². The Kier molecular flexibility index (Phi) is 6.77. The SMILES string of the molecule is Cc1cccc(-c2n[nH]c(=S)n2CC(=O)NCc2cccc(COc3ccccc3)c2)c1. The van der Waals surface area contributed by atoms with E-state index in [1.54, 1.807) is 4.57 Å². The van der Waals surface area contributed by atoms with E-state index < -0.39 is 0 Å². The van der Waals surface area contributed by atoms with Crippen molar-refractivity contribution in [3.8, 4) is 17.1 Å². The fraction of sp³-hybridized carbons (Fsp3) is 0.160. The van der Waals surface area contributed by atoms with Crippen LogP contribution < -0.4 is 10.1 Å². The lowest BCUT2D eigenvalue weighted by Gasteiger charge is -2.10. The number of hydrogen-bond donors (Lipinski definition) is 2. The molecule has 162 valence electrons. The van der Waals surface area contributed by atoms with Crippen LogP contribution >= 0.6 is 12.2 Å². The number of aromatic nitrogens is 3. The first-order valence-corrected chi connectivity index (χ1v) is 10.7. The van der Waals surface area contributed by atoms with E-state index in [1.807, 2.05) is 85.8 Å². The zero-order valence-corrected chi connectivity index (χ0v) is 18.6. The quantitative estimate of drug-likeness (QED) is 0.383. The Morgan fingerprint density at radius 3 is 2.62 bits per heavy atom. The minimum absolute atomic E-state index is 0.0927. The number of rotatable bonds is 8. The van der Waals surface area contributed by atoms with Gasteiger partial charge in [0.25, 0.3) is 0 Å². The second kappa shape index (κ2) is 10.1. The molecule has 0 aliphatic rings. The van der Waals surface area contributed by atoms with Crippen LogP contribution in [0.2, 0.25) is 0 Å². The minimum atomic E-state index is -0.137. The Morgan fingerprint density at radius 2 is 1.81 bits per heavy atom. The van der Waals surface area contributed by atoms with Gasteiger partial charge in [0.05, 0.1) is 0 Å². The van der Waals surface area contributed by atoms with Crippen molar-refractivity contribution in [3.63, 3.8) is 0 Å². The summed E-state index contributed by atoms with van der Waals surface area (Å²) in [6, 6.07) is 25.6. The third-order valence-corrected chi connectivity index (χ3v) is 5.28. The number of hydrogen-bond acceptors (Lipinski definition) is 4. The predicted octanol–water partition coefficient (Wildman–Crippen LogP) is 4.81. The Bertz CT molecular complexity index is 1260. The molecule has 0 atom stereocenters. The maximum Gasteiger partial charge on any atom is 0.240 e. The minimum Gasteiger partial charge on any atom is -0.489 e. The first kappa shape index (κ1) is 21.5. The highest BCUT2D eigenvalue weighted by atomic mass is 32.1. The normalized spacial score (nSPS) is 10.7. The van der Waals surface area contributed by atoms with E-state index >= 15 is 0 Å². The molecule has 7 heteroatoms. The fourth-order valence-corrected chi connectivity index (χ4v) is 3.58. The molecule has 1 amide bonds. The number of H-pyrrole nitrogens is 1. The van der Waals surface area contributed by atoms with Gasteiger partial charge in [0, 0.05) is 12.1 Å². The maximum absolute atomic E-state index is 12.6. The summed E-state index contributed by atoms with van der Waals surface area (Å²) in [5, 5.41) is 10.1. The zero-order valence-electron chi connectivity index (χ0n) is 17.7. The Balaban J connectivity index is 1.37. The summed E-state index contributed by atoms with van der Waals surface area (Å²) in [5.41, 5.74) is 4.07. The zero-order chi connectivity index (χ0) is 22.3. The molecule has 0 bridgehead atoms. The van der Waals surface area contributed by atoms with Gasteiger partial charge in [-0.3, -0.25) is 14.5 Å². The van der Waals surface area contributed by atoms with E-state index in [0.717, 1.165) is 28.0 Å². The third-order valence-electron chi connectivity index (χ3n) is 4.97. The first-order valence-electron chi connectivity index (χ1n) is 10.3. The van der Waals surface area contributed by atoms with Crippen LogP contribution in [0.4, 0.5) is 0 Å². The van der Waals surface area contributed by atoms with Crippen LogP contribution in [0.15, 0.2) is 78.9 Å². The summed E-state index contributed by atoms with van der Waals surface area (Å²) in [6.45, 7) is 3.00. The molecule has 0 aliphatic carbocycles. The van der Waals surface area contributed by atoms with Crippen molar-refractivity contribution < 1.29 is 9.53 Å². The van der Waals surface area contributed by atoms with Crippen LogP contribution in [0.25, 0.3) is 11.4 Å². The molecule has 0 spiro atoms. The van der Waals surface area contributed by atoms with Gasteiger partial charge >= 0.3 is 0 Å². The molecule has 32 heavy (non-hydrogen) atoms. The molecule has 3 aromatic carbocycles. The van der Waals surface area contributed by atoms with Gasteiger partial charge in [-0.2, -0.15) is 5.10 Å². The topological polar surface area (TPSA) is 71.9 Å². The summed E-state index contributed by atoms with van der Waals surface area (Å²) in [7, 11) is 0. The van der Waals surface area contributed by atoms with Crippen molar-refractivity contribution in [2.24, 2.45) is 0 Å². The third kappa shape index (κ3) is 5.50. The maximum atomic E-state index is 12.6. The first-order chi connectivity index (χ1) is 15.6. The van der Waals surface area contributed by atoms with E-state index in [-0.39, 0.29) is 12.5 Å². The van der Waals surface area contributed by atoms with Crippen molar-refractivity contribution >= 4 is 18.1 Å². The number of carbonyl (C=O) groups excluding carboxylic acids is 1. The molecule has 0 aliphatic heterocycles. The molecular formula is C25H24N4O2S. The second-order valence-electron chi connectivity index (χ2n) is 7.51. The molecule has 4 aromatic rings. The molecule has 0 saturated heterocycles. The Hall–Kier alpha value is -3.71. The Morgan fingerprint density at radius 1 is 1.03 bits per heavy atom. The number of benzene rings is 3. The molecule has 0 unspecified atom stereocenters. The van der Waals surface area contributed by atoms with Crippen LogP contribution in [-0.4, -0.2) is 20.7 Å². The molecule has 4 rings (SSSR count). The molecule has 2 N–H and O–H groups in total. The van der Waals surface area contributed by atoms with Gasteiger partial charge in [-0.15, -0.1) is 0 Å². The number of para-hydroxylation sites is 1. The van der Waals surface area contributed by atoms with Crippen molar-refractivity contribution in [2.75, 3.05) is 0 Å². The van der Waals surface area contributed by atoms with Gasteiger partial charge in [-0.1, -0.05) is 66.2 Å². The molecule has 6 nitrogen and oxygen atoms in total. The average Bonchev–Trinajstić information content (AvgIpc) is 3.17. The van der Waals surface area contributed by atoms with Crippen LogP contribution in [0.1, 0.15) is 16.7 Å². The lowest BCUT2D eigenvalue weighted by molar-refractivity contribution is -0.121. The monoisotopic (exact) mass is 444 g/mol. The highest BCUT2D eigenvalue weighted by Gasteiger charge is 2.12. The summed E-state index contributed by atoms with van der Waals surface area (Å²) < 4.78 is 7.93. The molecule has 0 fully saturated rings. The second-order valence-corrected chi connectivity index (χ2v) is 7.89. The standard InChI is InChI=1S/C25H24N4O2S/c1-18-7-5-10-21(13-18)24-27-28-25(32)29(24)16-23(30)26-15-19-8-6-9-20(14-19)17-31-22-11-3-2-4-12-22/h2-14H,15-17H2,1H3,(H,26,30)(H,28,32). The van der Waals surface area contributed by atoms with E-state index in [0.29, 0.717) is 23.7 Å². The van der Waals surface area contributed by atoms with Crippen molar-refractivity contribution in [1.29, 1.82) is 0 Å². The van der Waals surface area contributed by atoms with E-state index in [9.17, 15) is 4.79 Å². The molecule has 1 heterocycles. The van der Waals surface area contributed by atoms with Crippen molar-refractivity contribution in [2.45, 2.75) is 26.6 Å². The smallest absolute Gasteiger partial charge is 0.240 e. The number of aromatic amines is 1. The van der Waals surface area contributed by atoms with E-state index in [2.05, 4.69) is 15.5 Å². The number of nitrogens with zero attached hydrogens (tertiary/aromatic N) is 2. The van der Waals surface area contributed by atoms with Crippen molar-refractivity contribution in [3.05, 3.63) is 100 Å². The van der Waals surface area contributed by atoms with Crippen LogP contribution in [0.3, 0.4) is 0 Å². The number of nitrogens with one attached hydrogen (secondary N) is 2. The summed E-state index contributed by atoms with van der Waals surface area (Å²) in [4.78, 5) is 12.6. The highest BCUT2D eigenvalue weighted by molar-refractivity contribution is 7.71. The fourth-order valence-electron chi connectivity index (χ4n) is 3.38. The predicted molar refractivity (Wildman–Crippen MR) is 127 cm³/mol. The number of amides is 1. The van der Waals surface area contributed by atoms with Gasteiger partial charge in [0.2, 0.25) is 5.91 Å². The highest BCUT2D eigenvalue weighted by Crippen LogP contribution is 2.18. The average molecular weight is 445 g/mol. The molecule has 0 saturated carbocycles. The van der Waals surface area contributed by atoms with Crippen LogP contribution in [0, 0.1) is 11.7 Å². The lowest BCUT2D eigenvalue weighted by Crippen LogP contribution is -2.27. The van der Waals surface area contributed by atoms with Gasteiger partial charge in [0.15, 0.2) is 10.6 Å². The largest absolute Gasteiger partial charge is 0.489 e. The summed E-state index contributed by atoms with van der Waals surface area (Å²) in [5.74, 6) is 1.34.